The molecule has 0 saturated heterocycles. The molecule has 0 N–H and O–H groups in total. The van der Waals surface area contributed by atoms with Crippen molar-refractivity contribution >= 4 is 55.2 Å². The van der Waals surface area contributed by atoms with Crippen molar-refractivity contribution in [1.82, 2.24) is 0 Å². The van der Waals surface area contributed by atoms with Crippen molar-refractivity contribution < 1.29 is 0 Å². The Bertz CT molecular complexity index is 1820. The Balaban J connectivity index is 1.29. The molecule has 2 aliphatic carbocycles. The summed E-state index contributed by atoms with van der Waals surface area (Å²) < 4.78 is 0. The van der Waals surface area contributed by atoms with Crippen molar-refractivity contribution in [1.29, 1.82) is 0 Å². The first-order chi connectivity index (χ1) is 18.1. The van der Waals surface area contributed by atoms with E-state index >= 15 is 0 Å². The first-order valence-corrected chi connectivity index (χ1v) is 13.4. The maximum absolute atomic E-state index is 2.47. The molecule has 0 heteroatoms. The lowest BCUT2D eigenvalue weighted by atomic mass is 9.66. The van der Waals surface area contributed by atoms with Gasteiger partial charge < -0.3 is 0 Å². The molecular weight excluding hydrogens is 444 g/mol. The van der Waals surface area contributed by atoms with Crippen LogP contribution in [0.1, 0.15) is 47.9 Å². The molecule has 176 valence electrons. The summed E-state index contributed by atoms with van der Waals surface area (Å²) >= 11 is 0. The molecule has 0 bridgehead atoms. The van der Waals surface area contributed by atoms with Crippen LogP contribution < -0.4 is 0 Å². The predicted octanol–water partition coefficient (Wildman–Crippen LogP) is 10.2. The van der Waals surface area contributed by atoms with E-state index in [1.54, 1.807) is 0 Å². The van der Waals surface area contributed by atoms with Gasteiger partial charge in [-0.05, 0) is 70.8 Å². The molecule has 0 aromatic heterocycles. The molecule has 2 aliphatic rings. The van der Waals surface area contributed by atoms with E-state index in [1.807, 2.05) is 0 Å². The second kappa shape index (κ2) is 7.43. The van der Waals surface area contributed by atoms with E-state index in [9.17, 15) is 0 Å². The molecule has 0 spiro atoms. The minimum absolute atomic E-state index is 0.0278. The third kappa shape index (κ3) is 2.84. The lowest BCUT2D eigenvalue weighted by Crippen LogP contribution is -2.26. The standard InChI is InChI=1S/C37H28/c1-37(2,33-21-19-31-29(33)17-15-25-13-11-23-7-3-5-9-27(23)35(25)31)34-22-20-32-30(34)18-16-26-14-12-24-8-4-6-10-28(24)36(26)32/h3-22,33-34H,1-2H3. The van der Waals surface area contributed by atoms with Crippen molar-refractivity contribution in [2.24, 2.45) is 5.41 Å². The van der Waals surface area contributed by atoms with Gasteiger partial charge in [-0.25, -0.2) is 0 Å². The van der Waals surface area contributed by atoms with Gasteiger partial charge >= 0.3 is 0 Å². The van der Waals surface area contributed by atoms with Gasteiger partial charge in [-0.2, -0.15) is 0 Å². The van der Waals surface area contributed by atoms with E-state index in [2.05, 4.69) is 135 Å². The van der Waals surface area contributed by atoms with Crippen molar-refractivity contribution in [3.63, 3.8) is 0 Å². The van der Waals surface area contributed by atoms with E-state index in [0.717, 1.165) is 0 Å². The van der Waals surface area contributed by atoms with Crippen LogP contribution >= 0.6 is 0 Å². The summed E-state index contributed by atoms with van der Waals surface area (Å²) in [5, 5.41) is 10.8. The lowest BCUT2D eigenvalue weighted by molar-refractivity contribution is 0.292. The summed E-state index contributed by atoms with van der Waals surface area (Å²) in [6.07, 6.45) is 9.72. The predicted molar refractivity (Wildman–Crippen MR) is 160 cm³/mol. The summed E-state index contributed by atoms with van der Waals surface area (Å²) in [6.45, 7) is 4.92. The van der Waals surface area contributed by atoms with Crippen LogP contribution in [0, 0.1) is 5.41 Å². The van der Waals surface area contributed by atoms with E-state index in [0.29, 0.717) is 11.8 Å². The average Bonchev–Trinajstić information content (AvgIpc) is 3.58. The van der Waals surface area contributed by atoms with Gasteiger partial charge in [-0.1, -0.05) is 135 Å². The number of rotatable bonds is 2. The molecule has 0 radical (unpaired) electrons. The number of benzene rings is 6. The Kier molecular flexibility index (Phi) is 4.21. The molecule has 0 amide bonds. The first-order valence-electron chi connectivity index (χ1n) is 13.4. The monoisotopic (exact) mass is 472 g/mol. The number of hydrogen-bond donors (Lipinski definition) is 0. The third-order valence-electron chi connectivity index (χ3n) is 9.15. The van der Waals surface area contributed by atoms with Crippen LogP contribution in [-0.2, 0) is 0 Å². The maximum Gasteiger partial charge on any atom is 0.00875 e. The zero-order valence-electron chi connectivity index (χ0n) is 21.2. The van der Waals surface area contributed by atoms with Crippen molar-refractivity contribution in [2.45, 2.75) is 25.7 Å². The topological polar surface area (TPSA) is 0 Å². The quantitative estimate of drug-likeness (QED) is 0.220. The van der Waals surface area contributed by atoms with Gasteiger partial charge in [0, 0.05) is 11.8 Å². The fourth-order valence-corrected chi connectivity index (χ4v) is 7.27. The van der Waals surface area contributed by atoms with E-state index in [1.165, 1.54) is 65.3 Å². The highest BCUT2D eigenvalue weighted by Crippen LogP contribution is 2.55. The third-order valence-corrected chi connectivity index (χ3v) is 9.15. The van der Waals surface area contributed by atoms with Gasteiger partial charge in [0.1, 0.15) is 0 Å². The fourth-order valence-electron chi connectivity index (χ4n) is 7.27. The molecule has 0 heterocycles. The van der Waals surface area contributed by atoms with E-state index in [4.69, 9.17) is 0 Å². The summed E-state index contributed by atoms with van der Waals surface area (Å²) in [7, 11) is 0. The second-order valence-electron chi connectivity index (χ2n) is 11.4. The van der Waals surface area contributed by atoms with E-state index in [-0.39, 0.29) is 5.41 Å². The van der Waals surface area contributed by atoms with Crippen LogP contribution in [0.15, 0.2) is 109 Å². The molecule has 0 fully saturated rings. The molecule has 0 nitrogen and oxygen atoms in total. The largest absolute Gasteiger partial charge is 0.0758 e. The number of allylic oxidation sites excluding steroid dienone is 2. The Morgan fingerprint density at radius 2 is 0.865 bits per heavy atom. The molecule has 2 atom stereocenters. The summed E-state index contributed by atoms with van der Waals surface area (Å²) in [5.74, 6) is 0.712. The van der Waals surface area contributed by atoms with Gasteiger partial charge in [0.2, 0.25) is 0 Å². The van der Waals surface area contributed by atoms with Crippen molar-refractivity contribution in [3.05, 3.63) is 131 Å². The Morgan fingerprint density at radius 3 is 1.35 bits per heavy atom. The SMILES string of the molecule is CC(C)(C1C=Cc2c1ccc1ccc3ccccc3c21)C1C=Cc2c1ccc1ccc3ccccc3c21. The van der Waals surface area contributed by atoms with Gasteiger partial charge in [0.25, 0.3) is 0 Å². The number of hydrogen-bond acceptors (Lipinski definition) is 0. The summed E-state index contributed by atoms with van der Waals surface area (Å²) in [5.41, 5.74) is 5.75. The van der Waals surface area contributed by atoms with Crippen LogP contribution in [0.25, 0.3) is 55.2 Å². The van der Waals surface area contributed by atoms with Crippen LogP contribution in [0.2, 0.25) is 0 Å². The van der Waals surface area contributed by atoms with Crippen LogP contribution in [0.5, 0.6) is 0 Å². The summed E-state index contributed by atoms with van der Waals surface area (Å²) in [4.78, 5) is 0. The molecule has 8 rings (SSSR count). The average molecular weight is 473 g/mol. The smallest absolute Gasteiger partial charge is 0.00875 e. The Morgan fingerprint density at radius 1 is 0.459 bits per heavy atom. The zero-order chi connectivity index (χ0) is 24.7. The zero-order valence-corrected chi connectivity index (χ0v) is 21.2. The normalized spacial score (nSPS) is 18.3. The van der Waals surface area contributed by atoms with Crippen LogP contribution in [0.3, 0.4) is 0 Å². The Hall–Kier alpha value is -4.16. The van der Waals surface area contributed by atoms with Gasteiger partial charge in [-0.3, -0.25) is 0 Å². The van der Waals surface area contributed by atoms with Gasteiger partial charge in [0.05, 0.1) is 0 Å². The molecule has 6 aromatic carbocycles. The second-order valence-corrected chi connectivity index (χ2v) is 11.4. The molecular formula is C37H28. The lowest BCUT2D eigenvalue weighted by Gasteiger charge is -2.37. The maximum atomic E-state index is 2.47. The summed E-state index contributed by atoms with van der Waals surface area (Å²) in [6, 6.07) is 36.1. The molecule has 0 saturated carbocycles. The van der Waals surface area contributed by atoms with Crippen LogP contribution in [-0.4, -0.2) is 0 Å². The van der Waals surface area contributed by atoms with Crippen molar-refractivity contribution in [2.75, 3.05) is 0 Å². The highest BCUT2D eigenvalue weighted by atomic mass is 14.4. The van der Waals surface area contributed by atoms with Gasteiger partial charge in [-0.15, -0.1) is 0 Å². The van der Waals surface area contributed by atoms with Crippen LogP contribution in [0.4, 0.5) is 0 Å². The molecule has 37 heavy (non-hydrogen) atoms. The highest BCUT2D eigenvalue weighted by Gasteiger charge is 2.41. The van der Waals surface area contributed by atoms with Crippen molar-refractivity contribution in [3.8, 4) is 0 Å². The minimum Gasteiger partial charge on any atom is -0.0758 e. The Labute approximate surface area is 217 Å². The molecule has 2 unspecified atom stereocenters. The highest BCUT2D eigenvalue weighted by molar-refractivity contribution is 6.13. The minimum atomic E-state index is 0.0278. The molecule has 0 aliphatic heterocycles. The molecule has 6 aromatic rings. The fraction of sp³-hybridized carbons (Fsp3) is 0.135. The first kappa shape index (κ1) is 21.0. The van der Waals surface area contributed by atoms with Gasteiger partial charge in [0.15, 0.2) is 0 Å². The number of fused-ring (bicyclic) bond motifs is 10. The van der Waals surface area contributed by atoms with E-state index < -0.39 is 0 Å².